The third-order valence-electron chi connectivity index (χ3n) is 4.18. The first-order chi connectivity index (χ1) is 11.3. The molecule has 1 aliphatic rings. The van der Waals surface area contributed by atoms with E-state index < -0.39 is 5.41 Å². The first-order valence-electron chi connectivity index (χ1n) is 8.10. The van der Waals surface area contributed by atoms with Crippen LogP contribution in [0.2, 0.25) is 0 Å². The number of hydrogen-bond donors (Lipinski definition) is 1. The number of anilines is 1. The van der Waals surface area contributed by atoms with E-state index in [0.29, 0.717) is 6.54 Å². The van der Waals surface area contributed by atoms with Crippen LogP contribution in [0.25, 0.3) is 0 Å². The largest absolute Gasteiger partial charge is 0.333 e. The third kappa shape index (κ3) is 3.51. The Balaban J connectivity index is 1.77. The van der Waals surface area contributed by atoms with Crippen molar-refractivity contribution in [1.29, 1.82) is 0 Å². The fourth-order valence-corrected chi connectivity index (χ4v) is 3.37. The van der Waals surface area contributed by atoms with Gasteiger partial charge in [-0.25, -0.2) is 0 Å². The van der Waals surface area contributed by atoms with Gasteiger partial charge >= 0.3 is 0 Å². The molecule has 0 saturated heterocycles. The highest BCUT2D eigenvalue weighted by Crippen LogP contribution is 2.26. The van der Waals surface area contributed by atoms with E-state index in [1.165, 1.54) is 16.9 Å². The van der Waals surface area contributed by atoms with E-state index in [0.717, 1.165) is 29.1 Å². The minimum absolute atomic E-state index is 0.00947. The number of carbonyl (C=O) groups is 2. The number of fused-ring (bicyclic) bond motifs is 1. The minimum Gasteiger partial charge on any atom is -0.333 e. The van der Waals surface area contributed by atoms with E-state index in [-0.39, 0.29) is 11.8 Å². The highest BCUT2D eigenvalue weighted by molar-refractivity contribution is 7.12. The highest BCUT2D eigenvalue weighted by Gasteiger charge is 2.24. The van der Waals surface area contributed by atoms with Gasteiger partial charge in [-0.2, -0.15) is 0 Å². The van der Waals surface area contributed by atoms with Crippen LogP contribution in [0.1, 0.15) is 41.6 Å². The molecular formula is C19H22N2O2S. The number of benzene rings is 1. The Hall–Kier alpha value is -2.14. The highest BCUT2D eigenvalue weighted by atomic mass is 32.1. The van der Waals surface area contributed by atoms with Gasteiger partial charge in [-0.1, -0.05) is 32.9 Å². The molecule has 1 aliphatic heterocycles. The zero-order valence-electron chi connectivity index (χ0n) is 14.3. The number of thiophene rings is 1. The fourth-order valence-electron chi connectivity index (χ4n) is 2.68. The van der Waals surface area contributed by atoms with Gasteiger partial charge in [0.2, 0.25) is 5.91 Å². The SMILES string of the molecule is CC(C)(C)C(=O)Nc1ccc2c(c1)CN(C(=O)c1cccs1)CC2. The Bertz CT molecular complexity index is 760. The summed E-state index contributed by atoms with van der Waals surface area (Å²) in [6.07, 6.45) is 0.847. The van der Waals surface area contributed by atoms with Crippen LogP contribution in [0, 0.1) is 5.41 Å². The molecule has 2 heterocycles. The average molecular weight is 342 g/mol. The lowest BCUT2D eigenvalue weighted by Crippen LogP contribution is -2.35. The van der Waals surface area contributed by atoms with Gasteiger partial charge in [0.25, 0.3) is 5.91 Å². The molecule has 0 aliphatic carbocycles. The molecule has 0 unspecified atom stereocenters. The Morgan fingerprint density at radius 3 is 2.62 bits per heavy atom. The summed E-state index contributed by atoms with van der Waals surface area (Å²) in [5, 5.41) is 4.89. The lowest BCUT2D eigenvalue weighted by Gasteiger charge is -2.29. The van der Waals surface area contributed by atoms with Gasteiger partial charge in [-0.05, 0) is 41.1 Å². The van der Waals surface area contributed by atoms with Gasteiger partial charge in [-0.15, -0.1) is 11.3 Å². The predicted molar refractivity (Wildman–Crippen MR) is 97.3 cm³/mol. The Kier molecular flexibility index (Phi) is 4.45. The van der Waals surface area contributed by atoms with Crippen molar-refractivity contribution in [3.8, 4) is 0 Å². The van der Waals surface area contributed by atoms with Crippen molar-refractivity contribution in [3.05, 3.63) is 51.7 Å². The van der Waals surface area contributed by atoms with E-state index in [9.17, 15) is 9.59 Å². The maximum absolute atomic E-state index is 12.5. The van der Waals surface area contributed by atoms with E-state index in [1.807, 2.05) is 55.3 Å². The second-order valence-electron chi connectivity index (χ2n) is 7.14. The fraction of sp³-hybridized carbons (Fsp3) is 0.368. The standard InChI is InChI=1S/C19H22N2O2S/c1-19(2,3)18(23)20-15-7-6-13-8-9-21(12-14(13)11-15)17(22)16-5-4-10-24-16/h4-7,10-11H,8-9,12H2,1-3H3,(H,20,23). The molecule has 24 heavy (non-hydrogen) atoms. The number of amides is 2. The Morgan fingerprint density at radius 1 is 1.17 bits per heavy atom. The summed E-state index contributed by atoms with van der Waals surface area (Å²) in [5.74, 6) is 0.0737. The van der Waals surface area contributed by atoms with Gasteiger partial charge < -0.3 is 10.2 Å². The third-order valence-corrected chi connectivity index (χ3v) is 5.03. The molecule has 3 rings (SSSR count). The quantitative estimate of drug-likeness (QED) is 0.899. The summed E-state index contributed by atoms with van der Waals surface area (Å²) < 4.78 is 0. The average Bonchev–Trinajstić information content (AvgIpc) is 3.07. The van der Waals surface area contributed by atoms with Gasteiger partial charge in [0.05, 0.1) is 4.88 Å². The summed E-state index contributed by atoms with van der Waals surface area (Å²) >= 11 is 1.47. The maximum atomic E-state index is 12.5. The molecule has 5 heteroatoms. The number of carbonyl (C=O) groups excluding carboxylic acids is 2. The molecule has 0 fully saturated rings. The molecule has 0 bridgehead atoms. The van der Waals surface area contributed by atoms with Gasteiger partial charge in [-0.3, -0.25) is 9.59 Å². The molecule has 4 nitrogen and oxygen atoms in total. The van der Waals surface area contributed by atoms with Crippen LogP contribution in [0.4, 0.5) is 5.69 Å². The molecule has 0 atom stereocenters. The second-order valence-corrected chi connectivity index (χ2v) is 8.09. The second kappa shape index (κ2) is 6.40. The lowest BCUT2D eigenvalue weighted by molar-refractivity contribution is -0.123. The van der Waals surface area contributed by atoms with Crippen molar-refractivity contribution in [2.75, 3.05) is 11.9 Å². The normalized spacial score (nSPS) is 14.2. The molecule has 1 N–H and O–H groups in total. The first kappa shape index (κ1) is 16.7. The monoisotopic (exact) mass is 342 g/mol. The van der Waals surface area contributed by atoms with Crippen molar-refractivity contribution in [2.24, 2.45) is 5.41 Å². The molecule has 126 valence electrons. The zero-order chi connectivity index (χ0) is 17.3. The molecule has 1 aromatic heterocycles. The molecule has 2 amide bonds. The Labute approximate surface area is 146 Å². The molecule has 2 aromatic rings. The van der Waals surface area contributed by atoms with Crippen LogP contribution in [-0.2, 0) is 17.8 Å². The Morgan fingerprint density at radius 2 is 1.96 bits per heavy atom. The first-order valence-corrected chi connectivity index (χ1v) is 8.98. The van der Waals surface area contributed by atoms with E-state index >= 15 is 0 Å². The minimum atomic E-state index is -0.433. The van der Waals surface area contributed by atoms with Crippen LogP contribution < -0.4 is 5.32 Å². The zero-order valence-corrected chi connectivity index (χ0v) is 15.1. The molecule has 0 radical (unpaired) electrons. The molecule has 0 saturated carbocycles. The predicted octanol–water partition coefficient (Wildman–Crippen LogP) is 3.93. The summed E-state index contributed by atoms with van der Waals surface area (Å²) in [4.78, 5) is 27.3. The van der Waals surface area contributed by atoms with Crippen LogP contribution in [0.5, 0.6) is 0 Å². The van der Waals surface area contributed by atoms with Gasteiger partial charge in [0.1, 0.15) is 0 Å². The number of rotatable bonds is 2. The van der Waals surface area contributed by atoms with Crippen LogP contribution in [-0.4, -0.2) is 23.3 Å². The summed E-state index contributed by atoms with van der Waals surface area (Å²) in [5.41, 5.74) is 2.72. The topological polar surface area (TPSA) is 49.4 Å². The maximum Gasteiger partial charge on any atom is 0.264 e. The summed E-state index contributed by atoms with van der Waals surface area (Å²) in [7, 11) is 0. The van der Waals surface area contributed by atoms with Crippen LogP contribution in [0.3, 0.4) is 0 Å². The molecule has 1 aromatic carbocycles. The molecule has 0 spiro atoms. The lowest BCUT2D eigenvalue weighted by atomic mass is 9.95. The summed E-state index contributed by atoms with van der Waals surface area (Å²) in [6, 6.07) is 9.76. The van der Waals surface area contributed by atoms with Crippen molar-refractivity contribution in [1.82, 2.24) is 4.90 Å². The summed E-state index contributed by atoms with van der Waals surface area (Å²) in [6.45, 7) is 7.00. The number of hydrogen-bond acceptors (Lipinski definition) is 3. The van der Waals surface area contributed by atoms with E-state index in [1.54, 1.807) is 0 Å². The van der Waals surface area contributed by atoms with Crippen molar-refractivity contribution in [2.45, 2.75) is 33.7 Å². The number of nitrogens with zero attached hydrogens (tertiary/aromatic N) is 1. The van der Waals surface area contributed by atoms with Crippen molar-refractivity contribution < 1.29 is 9.59 Å². The van der Waals surface area contributed by atoms with E-state index in [2.05, 4.69) is 11.4 Å². The van der Waals surface area contributed by atoms with Crippen molar-refractivity contribution in [3.63, 3.8) is 0 Å². The molecular weight excluding hydrogens is 320 g/mol. The smallest absolute Gasteiger partial charge is 0.264 e. The van der Waals surface area contributed by atoms with Crippen LogP contribution >= 0.6 is 11.3 Å². The van der Waals surface area contributed by atoms with Gasteiger partial charge in [0, 0.05) is 24.2 Å². The van der Waals surface area contributed by atoms with E-state index in [4.69, 9.17) is 0 Å². The number of nitrogens with one attached hydrogen (secondary N) is 1. The van der Waals surface area contributed by atoms with Crippen LogP contribution in [0.15, 0.2) is 35.7 Å². The van der Waals surface area contributed by atoms with Gasteiger partial charge in [0.15, 0.2) is 0 Å². The van der Waals surface area contributed by atoms with Crippen molar-refractivity contribution >= 4 is 28.8 Å².